The Balaban J connectivity index is 2.10. The summed E-state index contributed by atoms with van der Waals surface area (Å²) >= 11 is 0. The molecule has 1 aliphatic carbocycles. The van der Waals surface area contributed by atoms with Crippen LogP contribution in [0.4, 0.5) is 0 Å². The Hall–Kier alpha value is -1.22. The van der Waals surface area contributed by atoms with Crippen molar-refractivity contribution in [3.05, 3.63) is 24.3 Å². The number of nitrogens with one attached hydrogen (secondary N) is 1. The third kappa shape index (κ3) is 4.13. The first-order chi connectivity index (χ1) is 10.1. The summed E-state index contributed by atoms with van der Waals surface area (Å²) in [5, 5.41) is 3.70. The van der Waals surface area contributed by atoms with Gasteiger partial charge in [0.2, 0.25) is 0 Å². The highest BCUT2D eigenvalue weighted by Crippen LogP contribution is 2.37. The zero-order chi connectivity index (χ0) is 15.3. The predicted octanol–water partition coefficient (Wildman–Crippen LogP) is 4.02. The first-order valence-corrected chi connectivity index (χ1v) is 8.11. The number of hydrogen-bond acceptors (Lipinski definition) is 3. The van der Waals surface area contributed by atoms with Gasteiger partial charge in [-0.1, -0.05) is 26.8 Å². The fourth-order valence-electron chi connectivity index (χ4n) is 3.27. The molecule has 0 heterocycles. The first-order valence-electron chi connectivity index (χ1n) is 8.11. The molecule has 1 N–H and O–H groups in total. The van der Waals surface area contributed by atoms with Crippen LogP contribution < -0.4 is 14.8 Å². The van der Waals surface area contributed by atoms with E-state index in [-0.39, 0.29) is 11.5 Å². The van der Waals surface area contributed by atoms with E-state index in [1.165, 1.54) is 12.8 Å². The SMILES string of the molecule is CCCNC1C(Oc2cccc(OC)c2)CCCC1(C)C. The molecule has 1 aromatic carbocycles. The molecular formula is C18H29NO2. The van der Waals surface area contributed by atoms with Crippen molar-refractivity contribution >= 4 is 0 Å². The summed E-state index contributed by atoms with van der Waals surface area (Å²) in [6.45, 7) is 7.95. The van der Waals surface area contributed by atoms with Crippen LogP contribution in [0, 0.1) is 5.41 Å². The van der Waals surface area contributed by atoms with Crippen molar-refractivity contribution in [3.8, 4) is 11.5 Å². The molecule has 1 aromatic rings. The summed E-state index contributed by atoms with van der Waals surface area (Å²) in [5.74, 6) is 1.75. The Morgan fingerprint density at radius 2 is 2.05 bits per heavy atom. The second-order valence-electron chi connectivity index (χ2n) is 6.65. The minimum absolute atomic E-state index is 0.229. The Morgan fingerprint density at radius 1 is 1.29 bits per heavy atom. The molecule has 0 amide bonds. The maximum absolute atomic E-state index is 6.30. The van der Waals surface area contributed by atoms with E-state index < -0.39 is 0 Å². The predicted molar refractivity (Wildman–Crippen MR) is 87.1 cm³/mol. The maximum Gasteiger partial charge on any atom is 0.123 e. The van der Waals surface area contributed by atoms with Gasteiger partial charge >= 0.3 is 0 Å². The molecule has 2 atom stereocenters. The van der Waals surface area contributed by atoms with Gasteiger partial charge in [0.1, 0.15) is 17.6 Å². The molecule has 2 unspecified atom stereocenters. The summed E-state index contributed by atoms with van der Waals surface area (Å²) in [7, 11) is 1.69. The van der Waals surface area contributed by atoms with Crippen LogP contribution in [0.25, 0.3) is 0 Å². The monoisotopic (exact) mass is 291 g/mol. The summed E-state index contributed by atoms with van der Waals surface area (Å²) < 4.78 is 11.6. The summed E-state index contributed by atoms with van der Waals surface area (Å²) in [5.41, 5.74) is 0.275. The average molecular weight is 291 g/mol. The zero-order valence-corrected chi connectivity index (χ0v) is 13.8. The summed E-state index contributed by atoms with van der Waals surface area (Å²) in [4.78, 5) is 0. The number of hydrogen-bond donors (Lipinski definition) is 1. The summed E-state index contributed by atoms with van der Waals surface area (Å²) in [6, 6.07) is 8.32. The van der Waals surface area contributed by atoms with Crippen LogP contribution >= 0.6 is 0 Å². The molecule has 0 bridgehead atoms. The number of benzene rings is 1. The van der Waals surface area contributed by atoms with Gasteiger partial charge < -0.3 is 14.8 Å². The Labute approximate surface area is 129 Å². The van der Waals surface area contributed by atoms with Crippen molar-refractivity contribution in [3.63, 3.8) is 0 Å². The van der Waals surface area contributed by atoms with Crippen LogP contribution in [0.2, 0.25) is 0 Å². The molecule has 2 rings (SSSR count). The number of ether oxygens (including phenoxy) is 2. The Kier molecular flexibility index (Phi) is 5.51. The second-order valence-corrected chi connectivity index (χ2v) is 6.65. The summed E-state index contributed by atoms with van der Waals surface area (Å²) in [6.07, 6.45) is 4.98. The van der Waals surface area contributed by atoms with Crippen molar-refractivity contribution in [2.75, 3.05) is 13.7 Å². The quantitative estimate of drug-likeness (QED) is 0.858. The third-order valence-corrected chi connectivity index (χ3v) is 4.47. The molecule has 0 aromatic heterocycles. The van der Waals surface area contributed by atoms with Gasteiger partial charge in [-0.05, 0) is 49.8 Å². The van der Waals surface area contributed by atoms with Crippen LogP contribution in [0.5, 0.6) is 11.5 Å². The molecule has 3 heteroatoms. The van der Waals surface area contributed by atoms with Gasteiger partial charge in [-0.15, -0.1) is 0 Å². The molecule has 0 spiro atoms. The lowest BCUT2D eigenvalue weighted by atomic mass is 9.71. The van der Waals surface area contributed by atoms with Gasteiger partial charge in [-0.3, -0.25) is 0 Å². The molecular weight excluding hydrogens is 262 g/mol. The molecule has 0 radical (unpaired) electrons. The lowest BCUT2D eigenvalue weighted by molar-refractivity contribution is 0.0363. The van der Waals surface area contributed by atoms with Crippen molar-refractivity contribution in [2.24, 2.45) is 5.41 Å². The normalized spacial score (nSPS) is 24.6. The second kappa shape index (κ2) is 7.17. The highest BCUT2D eigenvalue weighted by molar-refractivity contribution is 5.33. The number of rotatable bonds is 6. The van der Waals surface area contributed by atoms with Gasteiger partial charge in [0.05, 0.1) is 7.11 Å². The van der Waals surface area contributed by atoms with Crippen molar-refractivity contribution in [1.29, 1.82) is 0 Å². The van der Waals surface area contributed by atoms with Crippen LogP contribution in [-0.4, -0.2) is 25.8 Å². The molecule has 0 saturated heterocycles. The lowest BCUT2D eigenvalue weighted by Crippen LogP contribution is -2.54. The third-order valence-electron chi connectivity index (χ3n) is 4.47. The molecule has 1 saturated carbocycles. The fraction of sp³-hybridized carbons (Fsp3) is 0.667. The van der Waals surface area contributed by atoms with Gasteiger partial charge in [0.15, 0.2) is 0 Å². The van der Waals surface area contributed by atoms with Crippen molar-refractivity contribution < 1.29 is 9.47 Å². The van der Waals surface area contributed by atoms with Gasteiger partial charge in [0.25, 0.3) is 0 Å². The lowest BCUT2D eigenvalue weighted by Gasteiger charge is -2.44. The van der Waals surface area contributed by atoms with Gasteiger partial charge in [0, 0.05) is 12.1 Å². The molecule has 21 heavy (non-hydrogen) atoms. The topological polar surface area (TPSA) is 30.5 Å². The van der Waals surface area contributed by atoms with E-state index in [1.807, 2.05) is 24.3 Å². The van der Waals surface area contributed by atoms with Gasteiger partial charge in [-0.2, -0.15) is 0 Å². The van der Waals surface area contributed by atoms with E-state index in [9.17, 15) is 0 Å². The largest absolute Gasteiger partial charge is 0.497 e. The van der Waals surface area contributed by atoms with Crippen molar-refractivity contribution in [2.45, 2.75) is 58.6 Å². The highest BCUT2D eigenvalue weighted by atomic mass is 16.5. The van der Waals surface area contributed by atoms with E-state index in [0.717, 1.165) is 30.9 Å². The van der Waals surface area contributed by atoms with Gasteiger partial charge in [-0.25, -0.2) is 0 Å². The molecule has 1 fully saturated rings. The fourth-order valence-corrected chi connectivity index (χ4v) is 3.27. The molecule has 1 aliphatic rings. The number of methoxy groups -OCH3 is 1. The first kappa shape index (κ1) is 16.2. The zero-order valence-electron chi connectivity index (χ0n) is 13.8. The minimum Gasteiger partial charge on any atom is -0.497 e. The van der Waals surface area contributed by atoms with E-state index >= 15 is 0 Å². The molecule has 118 valence electrons. The highest BCUT2D eigenvalue weighted by Gasteiger charge is 2.39. The smallest absolute Gasteiger partial charge is 0.123 e. The Bertz CT molecular complexity index is 445. The standard InChI is InChI=1S/C18H29NO2/c1-5-12-19-17-16(10-7-11-18(17,2)3)21-15-9-6-8-14(13-15)20-4/h6,8-9,13,16-17,19H,5,7,10-12H2,1-4H3. The van der Waals surface area contributed by atoms with E-state index in [4.69, 9.17) is 9.47 Å². The van der Waals surface area contributed by atoms with Crippen LogP contribution in [0.3, 0.4) is 0 Å². The molecule has 0 aliphatic heterocycles. The molecule has 3 nitrogen and oxygen atoms in total. The van der Waals surface area contributed by atoms with Crippen LogP contribution in [0.1, 0.15) is 46.5 Å². The maximum atomic E-state index is 6.30. The van der Waals surface area contributed by atoms with E-state index in [0.29, 0.717) is 6.04 Å². The van der Waals surface area contributed by atoms with Crippen LogP contribution in [-0.2, 0) is 0 Å². The Morgan fingerprint density at radius 3 is 2.76 bits per heavy atom. The van der Waals surface area contributed by atoms with Crippen molar-refractivity contribution in [1.82, 2.24) is 5.32 Å². The average Bonchev–Trinajstić information content (AvgIpc) is 2.46. The van der Waals surface area contributed by atoms with E-state index in [1.54, 1.807) is 7.11 Å². The van der Waals surface area contributed by atoms with Crippen LogP contribution in [0.15, 0.2) is 24.3 Å². The minimum atomic E-state index is 0.229. The van der Waals surface area contributed by atoms with E-state index in [2.05, 4.69) is 26.1 Å².